The zero-order valence-electron chi connectivity index (χ0n) is 24.1. The molecule has 1 atom stereocenters. The molecule has 6 aromatic carbocycles. The highest BCUT2D eigenvalue weighted by Crippen LogP contribution is 2.50. The maximum absolute atomic E-state index is 5.40. The first kappa shape index (κ1) is 24.8. The molecule has 8 aromatic rings. The standard InChI is InChI=1S/C42H28N2/c1-4-14-28(15-5-1)30-24-38(29-16-6-2-7-17-29)43-39(25-30)42-34-22-11-10-20-32(34)35-27-41-36(26-37(35)42)33-21-12-13-23-40(33)44(41)31-18-8-3-9-19-31/h1-27,42H. The lowest BCUT2D eigenvalue weighted by molar-refractivity contribution is 0.951. The summed E-state index contributed by atoms with van der Waals surface area (Å²) < 4.78 is 2.41. The van der Waals surface area contributed by atoms with E-state index in [0.29, 0.717) is 0 Å². The van der Waals surface area contributed by atoms with Gasteiger partial charge < -0.3 is 4.57 Å². The molecule has 0 saturated carbocycles. The van der Waals surface area contributed by atoms with Gasteiger partial charge >= 0.3 is 0 Å². The molecule has 0 aliphatic heterocycles. The third-order valence-corrected chi connectivity index (χ3v) is 9.05. The van der Waals surface area contributed by atoms with E-state index in [4.69, 9.17) is 4.98 Å². The van der Waals surface area contributed by atoms with Crippen LogP contribution in [0.15, 0.2) is 164 Å². The number of aromatic nitrogens is 2. The highest BCUT2D eigenvalue weighted by atomic mass is 15.0. The topological polar surface area (TPSA) is 17.8 Å². The second-order valence-corrected chi connectivity index (χ2v) is 11.6. The summed E-state index contributed by atoms with van der Waals surface area (Å²) in [5.74, 6) is 0.0237. The molecule has 44 heavy (non-hydrogen) atoms. The van der Waals surface area contributed by atoms with Crippen molar-refractivity contribution in [1.29, 1.82) is 0 Å². The van der Waals surface area contributed by atoms with Crippen molar-refractivity contribution in [2.45, 2.75) is 5.92 Å². The Kier molecular flexibility index (Phi) is 5.60. The molecule has 2 heteroatoms. The molecule has 0 amide bonds. The number of nitrogens with zero attached hydrogens (tertiary/aromatic N) is 2. The summed E-state index contributed by atoms with van der Waals surface area (Å²) >= 11 is 0. The molecule has 0 saturated heterocycles. The van der Waals surface area contributed by atoms with Crippen LogP contribution in [0.5, 0.6) is 0 Å². The van der Waals surface area contributed by atoms with Crippen molar-refractivity contribution in [3.8, 4) is 39.2 Å². The molecular formula is C42H28N2. The summed E-state index contributed by atoms with van der Waals surface area (Å²) in [6.07, 6.45) is 0. The first-order valence-electron chi connectivity index (χ1n) is 15.2. The van der Waals surface area contributed by atoms with Crippen molar-refractivity contribution in [3.05, 3.63) is 181 Å². The van der Waals surface area contributed by atoms with Gasteiger partial charge in [0.2, 0.25) is 0 Å². The Bertz CT molecular complexity index is 2260. The summed E-state index contributed by atoms with van der Waals surface area (Å²) in [5.41, 5.74) is 14.4. The lowest BCUT2D eigenvalue weighted by Gasteiger charge is -2.17. The first-order chi connectivity index (χ1) is 21.8. The van der Waals surface area contributed by atoms with E-state index in [9.17, 15) is 0 Å². The molecule has 1 unspecified atom stereocenters. The minimum absolute atomic E-state index is 0.0237. The average molecular weight is 561 g/mol. The molecule has 2 heterocycles. The minimum Gasteiger partial charge on any atom is -0.309 e. The molecule has 1 aliphatic rings. The molecule has 1 aliphatic carbocycles. The smallest absolute Gasteiger partial charge is 0.0711 e. The number of benzene rings is 6. The van der Waals surface area contributed by atoms with E-state index in [1.54, 1.807) is 0 Å². The number of rotatable bonds is 4. The van der Waals surface area contributed by atoms with Crippen LogP contribution in [0.1, 0.15) is 22.7 Å². The summed E-state index contributed by atoms with van der Waals surface area (Å²) in [5, 5.41) is 2.53. The predicted octanol–water partition coefficient (Wildman–Crippen LogP) is 10.7. The van der Waals surface area contributed by atoms with Crippen LogP contribution < -0.4 is 0 Å². The van der Waals surface area contributed by atoms with Gasteiger partial charge in [0.25, 0.3) is 0 Å². The molecule has 206 valence electrons. The van der Waals surface area contributed by atoms with E-state index in [0.717, 1.165) is 17.0 Å². The maximum Gasteiger partial charge on any atom is 0.0711 e. The van der Waals surface area contributed by atoms with Crippen molar-refractivity contribution in [2.75, 3.05) is 0 Å². The van der Waals surface area contributed by atoms with Gasteiger partial charge in [-0.2, -0.15) is 0 Å². The zero-order valence-corrected chi connectivity index (χ0v) is 24.1. The lowest BCUT2D eigenvalue weighted by atomic mass is 9.90. The fraction of sp³-hybridized carbons (Fsp3) is 0.0238. The Balaban J connectivity index is 1.33. The third-order valence-electron chi connectivity index (χ3n) is 9.05. The molecule has 0 radical (unpaired) electrons. The van der Waals surface area contributed by atoms with Gasteiger partial charge in [-0.25, -0.2) is 0 Å². The average Bonchev–Trinajstić information content (AvgIpc) is 3.60. The molecular weight excluding hydrogens is 532 g/mol. The van der Waals surface area contributed by atoms with Crippen LogP contribution in [-0.4, -0.2) is 9.55 Å². The van der Waals surface area contributed by atoms with E-state index in [1.807, 2.05) is 0 Å². The largest absolute Gasteiger partial charge is 0.309 e. The van der Waals surface area contributed by atoms with E-state index in [2.05, 4.69) is 168 Å². The van der Waals surface area contributed by atoms with E-state index in [-0.39, 0.29) is 5.92 Å². The molecule has 9 rings (SSSR count). The highest BCUT2D eigenvalue weighted by molar-refractivity contribution is 6.11. The Hall–Kier alpha value is -5.73. The SMILES string of the molecule is c1ccc(-c2cc(-c3ccccc3)nc(C3c4ccccc4-c4cc5c(cc43)c3ccccc3n5-c3ccccc3)c2)cc1. The number of para-hydroxylation sites is 2. The van der Waals surface area contributed by atoms with Crippen LogP contribution in [0.3, 0.4) is 0 Å². The Labute approximate surface area is 256 Å². The molecule has 2 nitrogen and oxygen atoms in total. The van der Waals surface area contributed by atoms with Crippen LogP contribution in [0, 0.1) is 0 Å². The summed E-state index contributed by atoms with van der Waals surface area (Å²) in [6, 6.07) is 58.9. The van der Waals surface area contributed by atoms with E-state index >= 15 is 0 Å². The second-order valence-electron chi connectivity index (χ2n) is 11.6. The zero-order chi connectivity index (χ0) is 29.0. The van der Waals surface area contributed by atoms with Gasteiger partial charge in [0.05, 0.1) is 28.3 Å². The fourth-order valence-electron chi connectivity index (χ4n) is 7.09. The summed E-state index contributed by atoms with van der Waals surface area (Å²) in [6.45, 7) is 0. The van der Waals surface area contributed by atoms with Crippen LogP contribution in [0.4, 0.5) is 0 Å². The summed E-state index contributed by atoms with van der Waals surface area (Å²) in [7, 11) is 0. The van der Waals surface area contributed by atoms with Gasteiger partial charge in [0, 0.05) is 22.0 Å². The van der Waals surface area contributed by atoms with Gasteiger partial charge in [0.15, 0.2) is 0 Å². The monoisotopic (exact) mass is 560 g/mol. The normalized spacial score (nSPS) is 13.7. The van der Waals surface area contributed by atoms with Gasteiger partial charge in [-0.3, -0.25) is 4.98 Å². The highest BCUT2D eigenvalue weighted by Gasteiger charge is 2.32. The number of hydrogen-bond acceptors (Lipinski definition) is 1. The molecule has 0 fully saturated rings. The lowest BCUT2D eigenvalue weighted by Crippen LogP contribution is -2.04. The van der Waals surface area contributed by atoms with Crippen molar-refractivity contribution < 1.29 is 0 Å². The predicted molar refractivity (Wildman–Crippen MR) is 182 cm³/mol. The van der Waals surface area contributed by atoms with E-state index in [1.165, 1.54) is 60.9 Å². The Morgan fingerprint density at radius 3 is 1.89 bits per heavy atom. The third kappa shape index (κ3) is 3.85. The molecule has 0 spiro atoms. The van der Waals surface area contributed by atoms with Crippen LogP contribution >= 0.6 is 0 Å². The minimum atomic E-state index is 0.0237. The van der Waals surface area contributed by atoms with Crippen molar-refractivity contribution in [3.63, 3.8) is 0 Å². The van der Waals surface area contributed by atoms with Crippen molar-refractivity contribution in [2.24, 2.45) is 0 Å². The Morgan fingerprint density at radius 1 is 0.432 bits per heavy atom. The van der Waals surface area contributed by atoms with Gasteiger partial charge in [-0.1, -0.05) is 121 Å². The Morgan fingerprint density at radius 2 is 1.09 bits per heavy atom. The van der Waals surface area contributed by atoms with Crippen molar-refractivity contribution >= 4 is 21.8 Å². The number of hydrogen-bond donors (Lipinski definition) is 0. The van der Waals surface area contributed by atoms with E-state index < -0.39 is 0 Å². The quantitative estimate of drug-likeness (QED) is 0.209. The maximum atomic E-state index is 5.40. The molecule has 2 aromatic heterocycles. The number of pyridine rings is 1. The first-order valence-corrected chi connectivity index (χ1v) is 15.2. The van der Waals surface area contributed by atoms with Gasteiger partial charge in [-0.05, 0) is 75.8 Å². The number of fused-ring (bicyclic) bond motifs is 6. The molecule has 0 N–H and O–H groups in total. The summed E-state index contributed by atoms with van der Waals surface area (Å²) in [4.78, 5) is 5.40. The van der Waals surface area contributed by atoms with Crippen LogP contribution in [-0.2, 0) is 0 Å². The van der Waals surface area contributed by atoms with Gasteiger partial charge in [-0.15, -0.1) is 0 Å². The molecule has 0 bridgehead atoms. The van der Waals surface area contributed by atoms with Crippen molar-refractivity contribution in [1.82, 2.24) is 9.55 Å². The fourth-order valence-corrected chi connectivity index (χ4v) is 7.09. The van der Waals surface area contributed by atoms with Gasteiger partial charge in [0.1, 0.15) is 0 Å². The van der Waals surface area contributed by atoms with Crippen LogP contribution in [0.2, 0.25) is 0 Å². The second kappa shape index (κ2) is 9.93. The van der Waals surface area contributed by atoms with Crippen LogP contribution in [0.25, 0.3) is 61.0 Å².